The van der Waals surface area contributed by atoms with Gasteiger partial charge >= 0.3 is 0 Å². The van der Waals surface area contributed by atoms with Crippen LogP contribution in [0.25, 0.3) is 22.6 Å². The number of imidazole rings is 1. The van der Waals surface area contributed by atoms with Gasteiger partial charge in [-0.2, -0.15) is 0 Å². The zero-order valence-corrected chi connectivity index (χ0v) is 10.2. The van der Waals surface area contributed by atoms with Crippen LogP contribution in [0.2, 0.25) is 0 Å². The largest absolute Gasteiger partial charge is 0.337 e. The van der Waals surface area contributed by atoms with E-state index in [9.17, 15) is 4.39 Å². The number of aromatic nitrogens is 3. The van der Waals surface area contributed by atoms with Crippen LogP contribution in [-0.4, -0.2) is 15.0 Å². The highest BCUT2D eigenvalue weighted by Gasteiger charge is 2.07. The third-order valence-corrected chi connectivity index (χ3v) is 2.91. The van der Waals surface area contributed by atoms with E-state index in [0.717, 1.165) is 16.6 Å². The molecule has 0 bridgehead atoms. The van der Waals surface area contributed by atoms with E-state index in [4.69, 9.17) is 0 Å². The van der Waals surface area contributed by atoms with E-state index in [2.05, 4.69) is 15.0 Å². The van der Waals surface area contributed by atoms with Crippen molar-refractivity contribution < 1.29 is 4.39 Å². The Hall–Kier alpha value is -2.23. The molecule has 0 amide bonds. The van der Waals surface area contributed by atoms with Crippen LogP contribution in [0.1, 0.15) is 11.1 Å². The van der Waals surface area contributed by atoms with Crippen molar-refractivity contribution in [1.82, 2.24) is 15.0 Å². The van der Waals surface area contributed by atoms with E-state index in [1.165, 1.54) is 6.07 Å². The van der Waals surface area contributed by atoms with Gasteiger partial charge in [0.25, 0.3) is 0 Å². The Morgan fingerprint density at radius 3 is 2.78 bits per heavy atom. The maximum atomic E-state index is 13.2. The van der Waals surface area contributed by atoms with Crippen LogP contribution in [-0.2, 0) is 0 Å². The number of nitrogens with one attached hydrogen (secondary N) is 1. The number of fused-ring (bicyclic) bond motifs is 1. The second-order valence-electron chi connectivity index (χ2n) is 4.43. The molecule has 90 valence electrons. The Kier molecular flexibility index (Phi) is 2.37. The molecule has 0 aliphatic heterocycles. The number of aromatic amines is 1. The number of pyridine rings is 1. The third-order valence-electron chi connectivity index (χ3n) is 2.91. The Balaban J connectivity index is 2.16. The molecule has 18 heavy (non-hydrogen) atoms. The molecule has 0 saturated heterocycles. The molecule has 0 spiro atoms. The molecule has 2 heterocycles. The van der Waals surface area contributed by atoms with Crippen LogP contribution in [0.3, 0.4) is 0 Å². The molecule has 3 aromatic rings. The van der Waals surface area contributed by atoms with Crippen molar-refractivity contribution in [2.75, 3.05) is 0 Å². The van der Waals surface area contributed by atoms with E-state index in [0.29, 0.717) is 17.0 Å². The van der Waals surface area contributed by atoms with E-state index < -0.39 is 0 Å². The molecule has 4 heteroatoms. The molecule has 0 fully saturated rings. The van der Waals surface area contributed by atoms with E-state index in [-0.39, 0.29) is 5.82 Å². The predicted molar refractivity (Wildman–Crippen MR) is 68.8 cm³/mol. The average Bonchev–Trinajstić information content (AvgIpc) is 2.75. The Morgan fingerprint density at radius 1 is 1.17 bits per heavy atom. The summed E-state index contributed by atoms with van der Waals surface area (Å²) >= 11 is 0. The van der Waals surface area contributed by atoms with Crippen molar-refractivity contribution in [3.63, 3.8) is 0 Å². The summed E-state index contributed by atoms with van der Waals surface area (Å²) in [5.41, 5.74) is 4.12. The number of nitrogens with zero attached hydrogens (tertiary/aromatic N) is 2. The van der Waals surface area contributed by atoms with Crippen LogP contribution >= 0.6 is 0 Å². The third kappa shape index (κ3) is 1.76. The van der Waals surface area contributed by atoms with E-state index >= 15 is 0 Å². The molecule has 2 aromatic heterocycles. The molecule has 3 rings (SSSR count). The molecule has 1 N–H and O–H groups in total. The standard InChI is InChI=1S/C14H12FN3/c1-8-5-12-14(16-7-8)18-13(17-12)10-3-4-11(15)9(2)6-10/h3-7H,1-2H3,(H,16,17,18). The minimum atomic E-state index is -0.205. The van der Waals surface area contributed by atoms with Gasteiger partial charge in [0, 0.05) is 11.8 Å². The molecule has 3 nitrogen and oxygen atoms in total. The first-order valence-corrected chi connectivity index (χ1v) is 5.72. The Bertz CT molecular complexity index is 731. The summed E-state index contributed by atoms with van der Waals surface area (Å²) in [6, 6.07) is 6.94. The van der Waals surface area contributed by atoms with Gasteiger partial charge in [0.2, 0.25) is 0 Å². The van der Waals surface area contributed by atoms with Gasteiger partial charge in [-0.3, -0.25) is 0 Å². The number of benzene rings is 1. The SMILES string of the molecule is Cc1cnc2nc(-c3ccc(F)c(C)c3)[nH]c2c1. The fourth-order valence-corrected chi connectivity index (χ4v) is 1.93. The summed E-state index contributed by atoms with van der Waals surface area (Å²) in [7, 11) is 0. The van der Waals surface area contributed by atoms with Crippen LogP contribution in [0.15, 0.2) is 30.5 Å². The zero-order valence-electron chi connectivity index (χ0n) is 10.2. The highest BCUT2D eigenvalue weighted by atomic mass is 19.1. The Morgan fingerprint density at radius 2 is 2.00 bits per heavy atom. The second kappa shape index (κ2) is 3.91. The lowest BCUT2D eigenvalue weighted by Crippen LogP contribution is -1.85. The highest BCUT2D eigenvalue weighted by molar-refractivity contribution is 5.76. The molecule has 0 aliphatic rings. The van der Waals surface area contributed by atoms with E-state index in [1.807, 2.05) is 13.0 Å². The monoisotopic (exact) mass is 241 g/mol. The van der Waals surface area contributed by atoms with Gasteiger partial charge in [-0.15, -0.1) is 0 Å². The minimum absolute atomic E-state index is 0.205. The first-order chi connectivity index (χ1) is 8.63. The first-order valence-electron chi connectivity index (χ1n) is 5.72. The quantitative estimate of drug-likeness (QED) is 0.709. The lowest BCUT2D eigenvalue weighted by atomic mass is 10.1. The first kappa shape index (κ1) is 10.9. The number of hydrogen-bond acceptors (Lipinski definition) is 2. The van der Waals surface area contributed by atoms with Gasteiger partial charge in [-0.05, 0) is 49.2 Å². The smallest absolute Gasteiger partial charge is 0.178 e. The molecule has 0 saturated carbocycles. The van der Waals surface area contributed by atoms with Crippen molar-refractivity contribution in [3.05, 3.63) is 47.4 Å². The lowest BCUT2D eigenvalue weighted by Gasteiger charge is -1.99. The maximum Gasteiger partial charge on any atom is 0.178 e. The lowest BCUT2D eigenvalue weighted by molar-refractivity contribution is 0.618. The molecular weight excluding hydrogens is 229 g/mol. The molecule has 0 radical (unpaired) electrons. The van der Waals surface area contributed by atoms with E-state index in [1.54, 1.807) is 25.3 Å². The molecule has 1 aromatic carbocycles. The van der Waals surface area contributed by atoms with Gasteiger partial charge in [0.05, 0.1) is 5.52 Å². The van der Waals surface area contributed by atoms with Gasteiger partial charge in [0.15, 0.2) is 5.65 Å². The number of rotatable bonds is 1. The van der Waals surface area contributed by atoms with Gasteiger partial charge in [-0.25, -0.2) is 14.4 Å². The summed E-state index contributed by atoms with van der Waals surface area (Å²) in [6.07, 6.45) is 1.78. The second-order valence-corrected chi connectivity index (χ2v) is 4.43. The van der Waals surface area contributed by atoms with Crippen LogP contribution in [0.5, 0.6) is 0 Å². The van der Waals surface area contributed by atoms with Gasteiger partial charge in [0.1, 0.15) is 11.6 Å². The summed E-state index contributed by atoms with van der Waals surface area (Å²) in [5, 5.41) is 0. The van der Waals surface area contributed by atoms with Crippen molar-refractivity contribution in [2.24, 2.45) is 0 Å². The fraction of sp³-hybridized carbons (Fsp3) is 0.143. The van der Waals surface area contributed by atoms with Crippen LogP contribution in [0.4, 0.5) is 4.39 Å². The van der Waals surface area contributed by atoms with Crippen molar-refractivity contribution >= 4 is 11.2 Å². The molecular formula is C14H12FN3. The number of aryl methyl sites for hydroxylation is 2. The fourth-order valence-electron chi connectivity index (χ4n) is 1.93. The van der Waals surface area contributed by atoms with Gasteiger partial charge in [-0.1, -0.05) is 0 Å². The minimum Gasteiger partial charge on any atom is -0.337 e. The van der Waals surface area contributed by atoms with Crippen molar-refractivity contribution in [3.8, 4) is 11.4 Å². The molecule has 0 unspecified atom stereocenters. The number of H-pyrrole nitrogens is 1. The highest BCUT2D eigenvalue weighted by Crippen LogP contribution is 2.21. The van der Waals surface area contributed by atoms with Crippen molar-refractivity contribution in [2.45, 2.75) is 13.8 Å². The van der Waals surface area contributed by atoms with Gasteiger partial charge < -0.3 is 4.98 Å². The summed E-state index contributed by atoms with van der Waals surface area (Å²) < 4.78 is 13.2. The number of halogens is 1. The Labute approximate surface area is 104 Å². The van der Waals surface area contributed by atoms with Crippen molar-refractivity contribution in [1.29, 1.82) is 0 Å². The molecule has 0 aliphatic carbocycles. The maximum absolute atomic E-state index is 13.2. The topological polar surface area (TPSA) is 41.6 Å². The summed E-state index contributed by atoms with van der Waals surface area (Å²) in [6.45, 7) is 3.72. The normalized spacial score (nSPS) is 11.1. The van der Waals surface area contributed by atoms with Crippen LogP contribution < -0.4 is 0 Å². The average molecular weight is 241 g/mol. The summed E-state index contributed by atoms with van der Waals surface area (Å²) in [4.78, 5) is 11.9. The summed E-state index contributed by atoms with van der Waals surface area (Å²) in [5.74, 6) is 0.509. The predicted octanol–water partition coefficient (Wildman–Crippen LogP) is 3.38. The number of hydrogen-bond donors (Lipinski definition) is 1. The zero-order chi connectivity index (χ0) is 12.7. The van der Waals surface area contributed by atoms with Crippen LogP contribution in [0, 0.1) is 19.7 Å². The molecule has 0 atom stereocenters.